The molecule has 6 aliphatic rings. The maximum absolute atomic E-state index is 13.6. The molecule has 2 aliphatic carbocycles. The SMILES string of the molecule is CON1C(C)(C)CC2(CC(=O)N(C3CCC(CC4CCC(N5C(=O)CC6(CC(C)(C)N(OC)C(C)(C)C6)OC5=O)CC4)CC3)C(=O)O2)CC1(C)C. The molecule has 0 aromatic carbocycles. The van der Waals surface area contributed by atoms with Crippen LogP contribution in [0.15, 0.2) is 0 Å². The fourth-order valence-electron chi connectivity index (χ4n) is 12.5. The van der Waals surface area contributed by atoms with Crippen molar-refractivity contribution in [1.29, 1.82) is 0 Å². The van der Waals surface area contributed by atoms with Crippen molar-refractivity contribution >= 4 is 24.0 Å². The number of nitrogens with zero attached hydrogens (tertiary/aromatic N) is 4. The number of piperidine rings is 2. The van der Waals surface area contributed by atoms with E-state index in [0.29, 0.717) is 37.5 Å². The number of amides is 4. The highest BCUT2D eigenvalue weighted by molar-refractivity contribution is 5.96. The Hall–Kier alpha value is -2.28. The second kappa shape index (κ2) is 13.2. The monoisotopic (exact) mass is 716 g/mol. The van der Waals surface area contributed by atoms with Crippen LogP contribution >= 0.6 is 0 Å². The van der Waals surface area contributed by atoms with Crippen molar-refractivity contribution < 1.29 is 38.3 Å². The van der Waals surface area contributed by atoms with Gasteiger partial charge >= 0.3 is 12.2 Å². The maximum Gasteiger partial charge on any atom is 0.417 e. The summed E-state index contributed by atoms with van der Waals surface area (Å²) in [6.07, 6.45) is 9.79. The van der Waals surface area contributed by atoms with Gasteiger partial charge in [0.2, 0.25) is 11.8 Å². The lowest BCUT2D eigenvalue weighted by Crippen LogP contribution is -2.68. The molecule has 6 fully saturated rings. The minimum atomic E-state index is -0.824. The van der Waals surface area contributed by atoms with Crippen molar-refractivity contribution in [2.45, 2.75) is 197 Å². The van der Waals surface area contributed by atoms with Crippen molar-refractivity contribution in [2.75, 3.05) is 14.2 Å². The summed E-state index contributed by atoms with van der Waals surface area (Å²) in [7, 11) is 3.33. The molecule has 0 atom stereocenters. The zero-order chi connectivity index (χ0) is 37.4. The first-order valence-corrected chi connectivity index (χ1v) is 19.4. The van der Waals surface area contributed by atoms with E-state index in [1.807, 2.05) is 10.1 Å². The van der Waals surface area contributed by atoms with E-state index >= 15 is 0 Å². The number of hydroxylamine groups is 4. The number of hydrogen-bond acceptors (Lipinski definition) is 10. The van der Waals surface area contributed by atoms with E-state index < -0.39 is 45.5 Å². The first-order valence-electron chi connectivity index (χ1n) is 19.4. The largest absolute Gasteiger partial charge is 0.442 e. The Bertz CT molecular complexity index is 1200. The summed E-state index contributed by atoms with van der Waals surface area (Å²) < 4.78 is 12.4. The number of carbonyl (C=O) groups excluding carboxylic acids is 4. The molecule has 2 spiro atoms. The molecule has 4 saturated heterocycles. The van der Waals surface area contributed by atoms with Crippen LogP contribution in [0, 0.1) is 11.8 Å². The fourth-order valence-corrected chi connectivity index (χ4v) is 12.5. The van der Waals surface area contributed by atoms with Crippen LogP contribution in [0.3, 0.4) is 0 Å². The molecule has 51 heavy (non-hydrogen) atoms. The molecule has 0 radical (unpaired) electrons. The van der Waals surface area contributed by atoms with Crippen LogP contribution in [0.4, 0.5) is 9.59 Å². The van der Waals surface area contributed by atoms with E-state index in [9.17, 15) is 19.2 Å². The average Bonchev–Trinajstić information content (AvgIpc) is 2.95. The third-order valence-electron chi connectivity index (χ3n) is 13.1. The number of rotatable bonds is 6. The van der Waals surface area contributed by atoms with Crippen molar-refractivity contribution in [3.05, 3.63) is 0 Å². The van der Waals surface area contributed by atoms with E-state index in [-0.39, 0.29) is 36.7 Å². The molecule has 4 heterocycles. The van der Waals surface area contributed by atoms with Gasteiger partial charge in [-0.2, -0.15) is 10.1 Å². The van der Waals surface area contributed by atoms with Crippen LogP contribution in [0.5, 0.6) is 0 Å². The Kier molecular flexibility index (Phi) is 9.98. The van der Waals surface area contributed by atoms with Crippen LogP contribution in [-0.4, -0.2) is 104 Å². The van der Waals surface area contributed by atoms with Crippen LogP contribution in [0.2, 0.25) is 0 Å². The summed E-state index contributed by atoms with van der Waals surface area (Å²) in [6.45, 7) is 16.6. The Balaban J connectivity index is 0.977. The Morgan fingerprint density at radius 1 is 0.529 bits per heavy atom. The molecule has 0 bridgehead atoms. The van der Waals surface area contributed by atoms with Gasteiger partial charge in [0.05, 0.1) is 27.1 Å². The van der Waals surface area contributed by atoms with Gasteiger partial charge in [-0.15, -0.1) is 0 Å². The molecular weight excluding hydrogens is 652 g/mol. The zero-order valence-electron chi connectivity index (χ0n) is 33.0. The van der Waals surface area contributed by atoms with Crippen molar-refractivity contribution in [3.8, 4) is 0 Å². The third-order valence-corrected chi connectivity index (χ3v) is 13.1. The molecule has 0 N–H and O–H groups in total. The third kappa shape index (κ3) is 7.20. The zero-order valence-corrected chi connectivity index (χ0v) is 33.0. The fraction of sp³-hybridized carbons (Fsp3) is 0.897. The van der Waals surface area contributed by atoms with E-state index in [0.717, 1.165) is 57.8 Å². The summed E-state index contributed by atoms with van der Waals surface area (Å²) in [5.41, 5.74) is -3.25. The summed E-state index contributed by atoms with van der Waals surface area (Å²) in [4.78, 5) is 68.6. The van der Waals surface area contributed by atoms with Crippen LogP contribution < -0.4 is 0 Å². The predicted octanol–water partition coefficient (Wildman–Crippen LogP) is 7.14. The summed E-state index contributed by atoms with van der Waals surface area (Å²) in [5.74, 6) is 0.845. The lowest BCUT2D eigenvalue weighted by molar-refractivity contribution is -0.294. The van der Waals surface area contributed by atoms with Gasteiger partial charge in [-0.25, -0.2) is 19.4 Å². The van der Waals surface area contributed by atoms with Gasteiger partial charge in [0, 0.05) is 59.9 Å². The van der Waals surface area contributed by atoms with Gasteiger partial charge < -0.3 is 19.1 Å². The number of imide groups is 2. The van der Waals surface area contributed by atoms with Gasteiger partial charge in [-0.3, -0.25) is 9.59 Å². The summed E-state index contributed by atoms with van der Waals surface area (Å²) in [5, 5.41) is 3.93. The first kappa shape index (κ1) is 38.4. The molecule has 4 amide bonds. The quantitative estimate of drug-likeness (QED) is 0.281. The minimum Gasteiger partial charge on any atom is -0.442 e. The second-order valence-corrected chi connectivity index (χ2v) is 19.5. The van der Waals surface area contributed by atoms with Crippen LogP contribution in [0.25, 0.3) is 0 Å². The van der Waals surface area contributed by atoms with Crippen LogP contribution in [-0.2, 0) is 28.7 Å². The van der Waals surface area contributed by atoms with E-state index in [4.69, 9.17) is 19.1 Å². The van der Waals surface area contributed by atoms with Crippen molar-refractivity contribution in [1.82, 2.24) is 19.9 Å². The number of ether oxygens (including phenoxy) is 2. The number of carbonyl (C=O) groups is 4. The minimum absolute atomic E-state index is 0.116. The highest BCUT2D eigenvalue weighted by atomic mass is 16.7. The Morgan fingerprint density at radius 3 is 1.08 bits per heavy atom. The van der Waals surface area contributed by atoms with Gasteiger partial charge in [0.25, 0.3) is 0 Å². The Morgan fingerprint density at radius 2 is 0.824 bits per heavy atom. The topological polar surface area (TPSA) is 118 Å². The molecule has 0 aromatic rings. The molecule has 4 aliphatic heterocycles. The molecule has 0 aromatic heterocycles. The lowest BCUT2D eigenvalue weighted by atomic mass is 9.70. The molecule has 288 valence electrons. The molecule has 12 heteroatoms. The smallest absolute Gasteiger partial charge is 0.417 e. The normalized spacial score (nSPS) is 34.8. The standard InChI is InChI=1S/C39H64N4O8/c1-34(2)22-38(23-35(3,4)42(34)48-9)20-30(44)40(32(46)50-38)28-15-11-26(12-16-28)19-27-13-17-29(18-14-27)41-31(45)21-39(51-33(41)47)24-36(5,6)43(49-10)37(7,8)25-39/h26-29H,11-25H2,1-10H3. The van der Waals surface area contributed by atoms with Crippen molar-refractivity contribution in [2.24, 2.45) is 11.8 Å². The highest BCUT2D eigenvalue weighted by Gasteiger charge is 2.60. The molecule has 6 rings (SSSR count). The molecule has 12 nitrogen and oxygen atoms in total. The molecular formula is C39H64N4O8. The van der Waals surface area contributed by atoms with Gasteiger partial charge in [0.15, 0.2) is 0 Å². The average molecular weight is 717 g/mol. The van der Waals surface area contributed by atoms with E-state index in [2.05, 4.69) is 55.4 Å². The summed E-state index contributed by atoms with van der Waals surface area (Å²) >= 11 is 0. The van der Waals surface area contributed by atoms with E-state index in [1.54, 1.807) is 14.2 Å². The molecule has 0 unspecified atom stereocenters. The van der Waals surface area contributed by atoms with E-state index in [1.165, 1.54) is 9.80 Å². The van der Waals surface area contributed by atoms with Gasteiger partial charge in [-0.1, -0.05) is 0 Å². The second-order valence-electron chi connectivity index (χ2n) is 19.5. The lowest BCUT2D eigenvalue weighted by Gasteiger charge is -2.58. The number of hydrogen-bond donors (Lipinski definition) is 0. The van der Waals surface area contributed by atoms with Crippen molar-refractivity contribution in [3.63, 3.8) is 0 Å². The van der Waals surface area contributed by atoms with Crippen LogP contribution in [0.1, 0.15) is 152 Å². The molecule has 2 saturated carbocycles. The summed E-state index contributed by atoms with van der Waals surface area (Å²) in [6, 6.07) is -0.238. The maximum atomic E-state index is 13.6. The first-order chi connectivity index (χ1) is 23.7. The Labute approximate surface area is 305 Å². The van der Waals surface area contributed by atoms with Gasteiger partial charge in [0.1, 0.15) is 11.2 Å². The van der Waals surface area contributed by atoms with Gasteiger partial charge in [-0.05, 0) is 125 Å². The highest BCUT2D eigenvalue weighted by Crippen LogP contribution is 2.51. The predicted molar refractivity (Wildman–Crippen MR) is 190 cm³/mol.